The Morgan fingerprint density at radius 3 is 2.52 bits per heavy atom. The van der Waals surface area contributed by atoms with E-state index in [1.54, 1.807) is 18.7 Å². The third-order valence-electron chi connectivity index (χ3n) is 10.5. The first kappa shape index (κ1) is 35.7. The van der Waals surface area contributed by atoms with E-state index in [2.05, 4.69) is 28.0 Å². The van der Waals surface area contributed by atoms with Gasteiger partial charge in [0, 0.05) is 25.4 Å². The summed E-state index contributed by atoms with van der Waals surface area (Å²) in [7, 11) is -3.90. The molecule has 1 aromatic carbocycles. The molecular formula is C35H47N5O9S. The molecule has 3 N–H and O–H groups in total. The second-order valence-corrected chi connectivity index (χ2v) is 16.5. The molecule has 5 amide bonds. The van der Waals surface area contributed by atoms with Crippen LogP contribution in [0.3, 0.4) is 0 Å². The number of nitrogens with one attached hydrogen (secondary N) is 3. The molecule has 272 valence electrons. The van der Waals surface area contributed by atoms with Crippen molar-refractivity contribution in [3.05, 3.63) is 47.5 Å². The van der Waals surface area contributed by atoms with E-state index in [9.17, 15) is 32.4 Å². The quantitative estimate of drug-likeness (QED) is 0.358. The predicted molar refractivity (Wildman–Crippen MR) is 181 cm³/mol. The first-order chi connectivity index (χ1) is 23.8. The maximum Gasteiger partial charge on any atom is 0.410 e. The SMILES string of the molecule is C=C[C@H]1C[C@]1(NC(=O)[C@@H]1C[C@@H]2CN1C(=O)[C@H](C(C)C)NC(=O)OCCCCCCc1cccc3c1CN(C3)C(=O)O2)C(=O)NS(=O)(=O)C1CC1. The standard InChI is InChI=1S/C35H47N5O9S/c1-4-24-17-35(24,32(43)38-50(46,47)26-13-14-26)37-30(41)28-16-25-19-40(28)31(42)29(21(2)3)36-33(44)48-15-8-6-5-7-10-22-11-9-12-23-18-39(20-27(22)23)34(45)49-25/h4,9,11-12,21,24-26,28-29H,1,5-8,10,13-20H2,2-3H3,(H,36,44)(H,37,41)(H,38,43)/t24-,25+,28-,29-,35+/m0/s1. The summed E-state index contributed by atoms with van der Waals surface area (Å²) in [6.07, 6.45) is 4.54. The average Bonchev–Trinajstić information content (AvgIpc) is 3.96. The average molecular weight is 714 g/mol. The summed E-state index contributed by atoms with van der Waals surface area (Å²) in [4.78, 5) is 70.8. The van der Waals surface area contributed by atoms with Gasteiger partial charge in [0.1, 0.15) is 23.7 Å². The Morgan fingerprint density at radius 2 is 1.82 bits per heavy atom. The van der Waals surface area contributed by atoms with E-state index in [-0.39, 0.29) is 26.0 Å². The number of carbonyl (C=O) groups is 5. The van der Waals surface area contributed by atoms with Crippen molar-refractivity contribution in [1.82, 2.24) is 25.2 Å². The molecule has 1 saturated heterocycles. The van der Waals surface area contributed by atoms with Crippen molar-refractivity contribution in [1.29, 1.82) is 0 Å². The van der Waals surface area contributed by atoms with Gasteiger partial charge >= 0.3 is 12.2 Å². The van der Waals surface area contributed by atoms with Gasteiger partial charge in [-0.15, -0.1) is 6.58 Å². The van der Waals surface area contributed by atoms with E-state index in [1.807, 2.05) is 12.1 Å². The summed E-state index contributed by atoms with van der Waals surface area (Å²) in [5.41, 5.74) is 1.77. The molecule has 0 unspecified atom stereocenters. The minimum atomic E-state index is -3.90. The van der Waals surface area contributed by atoms with E-state index in [0.717, 1.165) is 36.8 Å². The second-order valence-electron chi connectivity index (χ2n) is 14.5. The Labute approximate surface area is 292 Å². The van der Waals surface area contributed by atoms with Crippen LogP contribution in [0.4, 0.5) is 9.59 Å². The lowest BCUT2D eigenvalue weighted by atomic mass is 9.98. The van der Waals surface area contributed by atoms with Gasteiger partial charge < -0.3 is 25.0 Å². The molecule has 3 aliphatic heterocycles. The molecular weight excluding hydrogens is 666 g/mol. The van der Waals surface area contributed by atoms with Crippen molar-refractivity contribution in [2.75, 3.05) is 13.2 Å². The maximum absolute atomic E-state index is 14.2. The number of fused-ring (bicyclic) bond motifs is 3. The summed E-state index contributed by atoms with van der Waals surface area (Å²) >= 11 is 0. The van der Waals surface area contributed by atoms with Crippen LogP contribution in [0.25, 0.3) is 0 Å². The number of rotatable bonds is 7. The highest BCUT2D eigenvalue weighted by Gasteiger charge is 2.62. The highest BCUT2D eigenvalue weighted by atomic mass is 32.2. The monoisotopic (exact) mass is 713 g/mol. The van der Waals surface area contributed by atoms with Crippen molar-refractivity contribution in [3.8, 4) is 0 Å². The van der Waals surface area contributed by atoms with Gasteiger partial charge in [-0.1, -0.05) is 51.0 Å². The Hall–Kier alpha value is -4.14. The molecule has 4 bridgehead atoms. The van der Waals surface area contributed by atoms with Crippen LogP contribution in [0.1, 0.15) is 81.9 Å². The van der Waals surface area contributed by atoms with Gasteiger partial charge in [0.25, 0.3) is 5.91 Å². The molecule has 2 aliphatic carbocycles. The molecule has 0 spiro atoms. The lowest BCUT2D eigenvalue weighted by Gasteiger charge is -2.31. The number of sulfonamides is 1. The Kier molecular flexibility index (Phi) is 10.2. The molecule has 0 radical (unpaired) electrons. The van der Waals surface area contributed by atoms with Crippen LogP contribution >= 0.6 is 0 Å². The van der Waals surface area contributed by atoms with Crippen molar-refractivity contribution in [2.24, 2.45) is 11.8 Å². The van der Waals surface area contributed by atoms with Crippen molar-refractivity contribution in [3.63, 3.8) is 0 Å². The van der Waals surface area contributed by atoms with Gasteiger partial charge in [0.15, 0.2) is 0 Å². The zero-order chi connectivity index (χ0) is 35.8. The van der Waals surface area contributed by atoms with Crippen LogP contribution in [0.2, 0.25) is 0 Å². The lowest BCUT2D eigenvalue weighted by Crippen LogP contribution is -2.59. The first-order valence-corrected chi connectivity index (χ1v) is 19.2. The fourth-order valence-electron chi connectivity index (χ4n) is 7.26. The van der Waals surface area contributed by atoms with Crippen LogP contribution in [0.15, 0.2) is 30.9 Å². The third-order valence-corrected chi connectivity index (χ3v) is 12.3. The zero-order valence-corrected chi connectivity index (χ0v) is 29.5. The molecule has 14 nitrogen and oxygen atoms in total. The van der Waals surface area contributed by atoms with Crippen LogP contribution in [-0.2, 0) is 53.4 Å². The van der Waals surface area contributed by atoms with E-state index in [1.165, 1.54) is 16.5 Å². The minimum Gasteiger partial charge on any atom is -0.450 e. The topological polar surface area (TPSA) is 181 Å². The number of carbonyl (C=O) groups excluding carboxylic acids is 5. The number of ether oxygens (including phenoxy) is 2. The Balaban J connectivity index is 1.24. The van der Waals surface area contributed by atoms with Gasteiger partial charge in [-0.05, 0) is 61.1 Å². The van der Waals surface area contributed by atoms with Gasteiger partial charge in [0.05, 0.1) is 18.4 Å². The number of cyclic esters (lactones) is 1. The van der Waals surface area contributed by atoms with E-state index in [4.69, 9.17) is 9.47 Å². The number of benzene rings is 1. The molecule has 1 aromatic rings. The number of hydrogen-bond donors (Lipinski definition) is 3. The number of nitrogens with zero attached hydrogens (tertiary/aromatic N) is 2. The van der Waals surface area contributed by atoms with Crippen molar-refractivity contribution >= 4 is 39.9 Å². The van der Waals surface area contributed by atoms with E-state index < -0.39 is 80.7 Å². The molecule has 3 heterocycles. The number of hydrogen-bond acceptors (Lipinski definition) is 9. The van der Waals surface area contributed by atoms with Gasteiger partial charge in [-0.2, -0.15) is 0 Å². The fourth-order valence-corrected chi connectivity index (χ4v) is 8.63. The summed E-state index contributed by atoms with van der Waals surface area (Å²) < 4.78 is 38.7. The van der Waals surface area contributed by atoms with E-state index in [0.29, 0.717) is 32.4 Å². The molecule has 5 atom stereocenters. The van der Waals surface area contributed by atoms with Gasteiger partial charge in [0.2, 0.25) is 21.8 Å². The lowest BCUT2D eigenvalue weighted by molar-refractivity contribution is -0.141. The fraction of sp³-hybridized carbons (Fsp3) is 0.629. The molecule has 3 fully saturated rings. The summed E-state index contributed by atoms with van der Waals surface area (Å²) in [5, 5.41) is 4.75. The summed E-state index contributed by atoms with van der Waals surface area (Å²) in [6.45, 7) is 8.08. The maximum atomic E-state index is 14.2. The zero-order valence-electron chi connectivity index (χ0n) is 28.6. The number of alkyl carbamates (subject to hydrolysis) is 1. The first-order valence-electron chi connectivity index (χ1n) is 17.6. The highest BCUT2D eigenvalue weighted by molar-refractivity contribution is 7.91. The second kappa shape index (κ2) is 14.2. The molecule has 6 rings (SSSR count). The largest absolute Gasteiger partial charge is 0.450 e. The van der Waals surface area contributed by atoms with Gasteiger partial charge in [-0.3, -0.25) is 24.0 Å². The van der Waals surface area contributed by atoms with Crippen molar-refractivity contribution < 1.29 is 41.9 Å². The van der Waals surface area contributed by atoms with Crippen LogP contribution in [-0.4, -0.2) is 90.3 Å². The molecule has 0 aromatic heterocycles. The Bertz CT molecular complexity index is 1660. The molecule has 15 heteroatoms. The number of amides is 5. The normalized spacial score (nSPS) is 29.1. The van der Waals surface area contributed by atoms with Crippen LogP contribution < -0.4 is 15.4 Å². The highest BCUT2D eigenvalue weighted by Crippen LogP contribution is 2.45. The third kappa shape index (κ3) is 7.47. The van der Waals surface area contributed by atoms with E-state index >= 15 is 0 Å². The molecule has 50 heavy (non-hydrogen) atoms. The van der Waals surface area contributed by atoms with Crippen molar-refractivity contribution in [2.45, 2.75) is 114 Å². The minimum absolute atomic E-state index is 0.0680. The number of aryl methyl sites for hydroxylation is 1. The van der Waals surface area contributed by atoms with Gasteiger partial charge in [-0.25, -0.2) is 18.0 Å². The van der Waals surface area contributed by atoms with Crippen LogP contribution in [0.5, 0.6) is 0 Å². The predicted octanol–water partition coefficient (Wildman–Crippen LogP) is 2.64. The summed E-state index contributed by atoms with van der Waals surface area (Å²) in [6, 6.07) is 3.82. The molecule has 2 saturated carbocycles. The van der Waals surface area contributed by atoms with Crippen LogP contribution in [0, 0.1) is 11.8 Å². The summed E-state index contributed by atoms with van der Waals surface area (Å²) in [5.74, 6) is -3.06. The molecule has 5 aliphatic rings. The smallest absolute Gasteiger partial charge is 0.410 e. The Morgan fingerprint density at radius 1 is 1.08 bits per heavy atom.